The van der Waals surface area contributed by atoms with Crippen molar-refractivity contribution in [1.29, 1.82) is 0 Å². The number of halogens is 1. The molecular formula is C16H19ClN2O2. The number of aromatic nitrogens is 1. The van der Waals surface area contributed by atoms with Gasteiger partial charge in [-0.15, -0.1) is 0 Å². The topological polar surface area (TPSA) is 54.4 Å². The molecule has 2 aromatic rings. The lowest BCUT2D eigenvalue weighted by atomic mass is 10.2. The summed E-state index contributed by atoms with van der Waals surface area (Å²) in [5.74, 6) is 0.709. The zero-order chi connectivity index (χ0) is 15.1. The summed E-state index contributed by atoms with van der Waals surface area (Å²) >= 11 is 5.95. The van der Waals surface area contributed by atoms with Crippen LogP contribution in [0, 0.1) is 6.92 Å². The van der Waals surface area contributed by atoms with Crippen molar-refractivity contribution in [2.75, 3.05) is 13.2 Å². The van der Waals surface area contributed by atoms with Crippen LogP contribution < -0.4 is 10.1 Å². The molecule has 0 aliphatic carbocycles. The van der Waals surface area contributed by atoms with Gasteiger partial charge >= 0.3 is 0 Å². The molecule has 0 spiro atoms. The molecule has 2 N–H and O–H groups in total. The molecule has 1 aromatic heterocycles. The number of hydrogen-bond donors (Lipinski definition) is 2. The molecule has 112 valence electrons. The first-order chi connectivity index (χ1) is 10.1. The number of aliphatic hydroxyl groups excluding tert-OH is 1. The van der Waals surface area contributed by atoms with Gasteiger partial charge in [0.25, 0.3) is 0 Å². The van der Waals surface area contributed by atoms with Crippen molar-refractivity contribution >= 4 is 11.6 Å². The SMILES string of the molecule is Cc1cc(OCC(O)CNCc2ccccn2)ccc1Cl. The monoisotopic (exact) mass is 306 g/mol. The highest BCUT2D eigenvalue weighted by Gasteiger charge is 2.06. The van der Waals surface area contributed by atoms with E-state index in [0.717, 1.165) is 11.3 Å². The van der Waals surface area contributed by atoms with E-state index >= 15 is 0 Å². The van der Waals surface area contributed by atoms with Gasteiger partial charge in [-0.25, -0.2) is 0 Å². The van der Waals surface area contributed by atoms with Crippen LogP contribution in [0.1, 0.15) is 11.3 Å². The van der Waals surface area contributed by atoms with E-state index in [4.69, 9.17) is 16.3 Å². The average Bonchev–Trinajstić information content (AvgIpc) is 2.49. The minimum Gasteiger partial charge on any atom is -0.491 e. The van der Waals surface area contributed by atoms with Gasteiger partial charge in [0.1, 0.15) is 18.5 Å². The second-order valence-electron chi connectivity index (χ2n) is 4.83. The molecule has 0 radical (unpaired) electrons. The molecule has 21 heavy (non-hydrogen) atoms. The van der Waals surface area contributed by atoms with Gasteiger partial charge in [-0.2, -0.15) is 0 Å². The van der Waals surface area contributed by atoms with Crippen LogP contribution in [0.25, 0.3) is 0 Å². The van der Waals surface area contributed by atoms with Gasteiger partial charge in [-0.1, -0.05) is 17.7 Å². The van der Waals surface area contributed by atoms with Crippen LogP contribution in [0.3, 0.4) is 0 Å². The number of benzene rings is 1. The molecule has 0 saturated carbocycles. The molecule has 0 bridgehead atoms. The number of rotatable bonds is 7. The fourth-order valence-corrected chi connectivity index (χ4v) is 1.95. The van der Waals surface area contributed by atoms with Crippen LogP contribution in [0.4, 0.5) is 0 Å². The van der Waals surface area contributed by atoms with Crippen LogP contribution in [0.2, 0.25) is 5.02 Å². The van der Waals surface area contributed by atoms with E-state index in [2.05, 4.69) is 10.3 Å². The molecule has 0 amide bonds. The lowest BCUT2D eigenvalue weighted by Crippen LogP contribution is -2.31. The Balaban J connectivity index is 1.69. The van der Waals surface area contributed by atoms with Crippen molar-refractivity contribution in [3.8, 4) is 5.75 Å². The molecule has 1 heterocycles. The van der Waals surface area contributed by atoms with Gasteiger partial charge in [-0.3, -0.25) is 4.98 Å². The van der Waals surface area contributed by atoms with E-state index in [1.54, 1.807) is 18.3 Å². The maximum absolute atomic E-state index is 9.88. The summed E-state index contributed by atoms with van der Waals surface area (Å²) in [6.45, 7) is 3.22. The predicted octanol–water partition coefficient (Wildman–Crippen LogP) is 2.57. The Morgan fingerprint density at radius 2 is 2.19 bits per heavy atom. The molecule has 0 saturated heterocycles. The van der Waals surface area contributed by atoms with Gasteiger partial charge in [0.05, 0.1) is 5.69 Å². The minimum absolute atomic E-state index is 0.232. The van der Waals surface area contributed by atoms with E-state index in [9.17, 15) is 5.11 Å². The smallest absolute Gasteiger partial charge is 0.119 e. The van der Waals surface area contributed by atoms with E-state index in [1.807, 2.05) is 31.2 Å². The third-order valence-corrected chi connectivity index (χ3v) is 3.41. The largest absolute Gasteiger partial charge is 0.491 e. The molecule has 4 nitrogen and oxygen atoms in total. The van der Waals surface area contributed by atoms with E-state index in [-0.39, 0.29) is 6.61 Å². The first-order valence-electron chi connectivity index (χ1n) is 6.83. The maximum atomic E-state index is 9.88. The Labute approximate surface area is 129 Å². The fraction of sp³-hybridized carbons (Fsp3) is 0.312. The highest BCUT2D eigenvalue weighted by molar-refractivity contribution is 6.31. The lowest BCUT2D eigenvalue weighted by Gasteiger charge is -2.13. The second kappa shape index (κ2) is 7.98. The maximum Gasteiger partial charge on any atom is 0.119 e. The van der Waals surface area contributed by atoms with Crippen LogP contribution in [-0.2, 0) is 6.54 Å². The minimum atomic E-state index is -0.579. The Morgan fingerprint density at radius 1 is 1.33 bits per heavy atom. The van der Waals surface area contributed by atoms with Gasteiger partial charge in [0.2, 0.25) is 0 Å². The molecule has 1 aromatic carbocycles. The van der Waals surface area contributed by atoms with Crippen molar-refractivity contribution in [3.05, 3.63) is 58.9 Å². The number of nitrogens with one attached hydrogen (secondary N) is 1. The standard InChI is InChI=1S/C16H19ClN2O2/c1-12-8-15(5-6-16(12)17)21-11-14(20)10-18-9-13-4-2-3-7-19-13/h2-8,14,18,20H,9-11H2,1H3. The molecule has 5 heteroatoms. The van der Waals surface area contributed by atoms with Crippen molar-refractivity contribution < 1.29 is 9.84 Å². The summed E-state index contributed by atoms with van der Waals surface area (Å²) in [6.07, 6.45) is 1.17. The van der Waals surface area contributed by atoms with E-state index in [1.165, 1.54) is 0 Å². The summed E-state index contributed by atoms with van der Waals surface area (Å²) in [6, 6.07) is 11.2. The second-order valence-corrected chi connectivity index (χ2v) is 5.23. The quantitative estimate of drug-likeness (QED) is 0.825. The van der Waals surface area contributed by atoms with Crippen molar-refractivity contribution in [3.63, 3.8) is 0 Å². The normalized spacial score (nSPS) is 12.1. The zero-order valence-electron chi connectivity index (χ0n) is 11.9. The Kier molecular flexibility index (Phi) is 5.99. The van der Waals surface area contributed by atoms with Crippen molar-refractivity contribution in [2.45, 2.75) is 19.6 Å². The molecule has 1 atom stereocenters. The molecular weight excluding hydrogens is 288 g/mol. The van der Waals surface area contributed by atoms with Crippen molar-refractivity contribution in [1.82, 2.24) is 10.3 Å². The third kappa shape index (κ3) is 5.34. The number of aliphatic hydroxyl groups is 1. The molecule has 2 rings (SSSR count). The lowest BCUT2D eigenvalue weighted by molar-refractivity contribution is 0.106. The highest BCUT2D eigenvalue weighted by Crippen LogP contribution is 2.21. The zero-order valence-corrected chi connectivity index (χ0v) is 12.7. The van der Waals surface area contributed by atoms with Gasteiger partial charge in [0.15, 0.2) is 0 Å². The van der Waals surface area contributed by atoms with Gasteiger partial charge < -0.3 is 15.2 Å². The van der Waals surface area contributed by atoms with Gasteiger partial charge in [0, 0.05) is 24.3 Å². The summed E-state index contributed by atoms with van der Waals surface area (Å²) in [5, 5.41) is 13.7. The molecule has 0 fully saturated rings. The summed E-state index contributed by atoms with van der Waals surface area (Å²) in [4.78, 5) is 4.20. The number of pyridine rings is 1. The molecule has 0 aliphatic heterocycles. The Hall–Kier alpha value is -1.62. The number of nitrogens with zero attached hydrogens (tertiary/aromatic N) is 1. The van der Waals surface area contributed by atoms with Crippen LogP contribution in [0.5, 0.6) is 5.75 Å². The molecule has 1 unspecified atom stereocenters. The van der Waals surface area contributed by atoms with Gasteiger partial charge in [-0.05, 0) is 42.8 Å². The summed E-state index contributed by atoms with van der Waals surface area (Å²) in [5.41, 5.74) is 1.90. The average molecular weight is 307 g/mol. The first-order valence-corrected chi connectivity index (χ1v) is 7.20. The Morgan fingerprint density at radius 3 is 2.90 bits per heavy atom. The third-order valence-electron chi connectivity index (χ3n) is 2.98. The summed E-state index contributed by atoms with van der Waals surface area (Å²) in [7, 11) is 0. The summed E-state index contributed by atoms with van der Waals surface area (Å²) < 4.78 is 5.54. The van der Waals surface area contributed by atoms with E-state index in [0.29, 0.717) is 23.9 Å². The number of hydrogen-bond acceptors (Lipinski definition) is 4. The number of ether oxygens (including phenoxy) is 1. The Bertz CT molecular complexity index is 563. The molecule has 0 aliphatic rings. The van der Waals surface area contributed by atoms with Crippen LogP contribution in [0.15, 0.2) is 42.6 Å². The van der Waals surface area contributed by atoms with Crippen LogP contribution >= 0.6 is 11.6 Å². The highest BCUT2D eigenvalue weighted by atomic mass is 35.5. The number of aryl methyl sites for hydroxylation is 1. The fourth-order valence-electron chi connectivity index (χ4n) is 1.83. The predicted molar refractivity (Wildman–Crippen MR) is 83.6 cm³/mol. The van der Waals surface area contributed by atoms with Crippen molar-refractivity contribution in [2.24, 2.45) is 0 Å². The first kappa shape index (κ1) is 15.8. The van der Waals surface area contributed by atoms with E-state index < -0.39 is 6.10 Å². The van der Waals surface area contributed by atoms with Crippen LogP contribution in [-0.4, -0.2) is 29.3 Å².